The zero-order valence-corrected chi connectivity index (χ0v) is 23.0. The van der Waals surface area contributed by atoms with Crippen molar-refractivity contribution in [3.05, 3.63) is 62.1 Å². The van der Waals surface area contributed by atoms with E-state index in [0.717, 1.165) is 0 Å². The third kappa shape index (κ3) is 4.66. The summed E-state index contributed by atoms with van der Waals surface area (Å²) in [5.41, 5.74) is -3.89. The van der Waals surface area contributed by atoms with Gasteiger partial charge in [-0.2, -0.15) is 0 Å². The lowest BCUT2D eigenvalue weighted by molar-refractivity contribution is -0.757. The Bertz CT molecular complexity index is 1370. The molecule has 222 valence electrons. The molecule has 14 heteroatoms. The second-order valence-corrected chi connectivity index (χ2v) is 11.0. The van der Waals surface area contributed by atoms with Crippen LogP contribution in [0.2, 0.25) is 0 Å². The van der Waals surface area contributed by atoms with Crippen molar-refractivity contribution in [3.63, 3.8) is 0 Å². The largest absolute Gasteiger partial charge is 0.510 e. The van der Waals surface area contributed by atoms with Gasteiger partial charge < -0.3 is 35.3 Å². The highest BCUT2D eigenvalue weighted by Crippen LogP contribution is 2.55. The predicted molar refractivity (Wildman–Crippen MR) is 141 cm³/mol. The molecule has 1 aromatic carbocycles. The van der Waals surface area contributed by atoms with Crippen LogP contribution in [-0.4, -0.2) is 116 Å². The molecule has 6 atom stereocenters. The minimum atomic E-state index is -2.94. The first-order valence-corrected chi connectivity index (χ1v) is 13.0. The van der Waals surface area contributed by atoms with E-state index in [-0.39, 0.29) is 37.4 Å². The van der Waals surface area contributed by atoms with Crippen LogP contribution in [0.1, 0.15) is 35.2 Å². The fourth-order valence-corrected chi connectivity index (χ4v) is 6.41. The number of ketones is 3. The van der Waals surface area contributed by atoms with Crippen LogP contribution < -0.4 is 0 Å². The summed E-state index contributed by atoms with van der Waals surface area (Å²) in [5, 5.41) is 66.1. The number of Topliss-reactive ketones (excluding diaryl/α,β-unsaturated/α-hetero) is 3. The molecular formula is C27H33N3O11. The highest BCUT2D eigenvalue weighted by Gasteiger charge is 2.67. The van der Waals surface area contributed by atoms with Gasteiger partial charge in [0.15, 0.2) is 17.2 Å². The number of aliphatic hydroxyl groups is 4. The Morgan fingerprint density at radius 2 is 1.80 bits per heavy atom. The van der Waals surface area contributed by atoms with Crippen molar-refractivity contribution < 1.29 is 49.8 Å². The number of phenolic OH excluding ortho intramolecular Hbond substituents is 1. The number of nitrogens with zero attached hydrogens (tertiary/aromatic N) is 3. The number of fused-ring (bicyclic) bond motifs is 3. The van der Waals surface area contributed by atoms with Gasteiger partial charge in [-0.15, -0.1) is 10.1 Å². The monoisotopic (exact) mass is 575 g/mol. The predicted octanol–water partition coefficient (Wildman–Crippen LogP) is 0.266. The molecule has 0 fully saturated rings. The molecule has 41 heavy (non-hydrogen) atoms. The number of rotatable bonds is 9. The van der Waals surface area contributed by atoms with Crippen molar-refractivity contribution in [2.75, 3.05) is 40.8 Å². The normalized spacial score (nSPS) is 29.4. The number of hydrogen-bond acceptors (Lipinski definition) is 13. The van der Waals surface area contributed by atoms with Gasteiger partial charge in [0.1, 0.15) is 29.4 Å². The molecule has 3 aliphatic rings. The van der Waals surface area contributed by atoms with Crippen LogP contribution in [-0.2, 0) is 14.4 Å². The summed E-state index contributed by atoms with van der Waals surface area (Å²) in [6, 6.07) is 3.10. The number of likely N-dealkylation sites (N-methyl/N-ethyl adjacent to an activating group) is 2. The molecule has 0 heterocycles. The van der Waals surface area contributed by atoms with Gasteiger partial charge in [-0.25, -0.2) is 0 Å². The molecule has 0 amide bonds. The van der Waals surface area contributed by atoms with Crippen molar-refractivity contribution in [2.24, 2.45) is 11.8 Å². The molecule has 14 nitrogen and oxygen atoms in total. The van der Waals surface area contributed by atoms with E-state index in [1.807, 2.05) is 0 Å². The minimum absolute atomic E-state index is 0.00227. The van der Waals surface area contributed by atoms with E-state index in [0.29, 0.717) is 5.56 Å². The number of phenols is 1. The molecule has 1 aromatic rings. The van der Waals surface area contributed by atoms with Crippen LogP contribution in [0.5, 0.6) is 5.75 Å². The van der Waals surface area contributed by atoms with E-state index in [1.165, 1.54) is 36.0 Å². The molecule has 0 aromatic heterocycles. The number of carbonyl (C=O) groups excluding carboxylic acids is 3. The van der Waals surface area contributed by atoms with E-state index in [2.05, 4.69) is 4.84 Å². The lowest BCUT2D eigenvalue weighted by Gasteiger charge is -2.53. The Labute approximate surface area is 234 Å². The van der Waals surface area contributed by atoms with Crippen molar-refractivity contribution >= 4 is 17.3 Å². The maximum Gasteiger partial charge on any atom is 0.294 e. The molecular weight excluding hydrogens is 542 g/mol. The lowest BCUT2D eigenvalue weighted by Crippen LogP contribution is -2.68. The van der Waals surface area contributed by atoms with E-state index in [1.54, 1.807) is 20.0 Å². The zero-order chi connectivity index (χ0) is 30.5. The van der Waals surface area contributed by atoms with Crippen LogP contribution >= 0.6 is 0 Å². The second kappa shape index (κ2) is 10.9. The van der Waals surface area contributed by atoms with Crippen molar-refractivity contribution in [1.82, 2.24) is 9.80 Å². The highest BCUT2D eigenvalue weighted by atomic mass is 16.9. The molecule has 4 rings (SSSR count). The standard InChI is InChI=1S/C27H33N3O11/c1-12-13-6-5-7-14(31)17(13)22(33)19-16(12)23(34)20-21(28(2)3)24(35)18(25(36)27(20,38)26(19)37)15(32)8-9-29(4)10-11-41-30(39)40/h5-7,12,16,20-21,23,31,34-35,37-38H,8-11H2,1-4H3/t12-,16+,20+,21-,23-,27+/m0/s1. The molecule has 5 N–H and O–H groups in total. The van der Waals surface area contributed by atoms with Crippen LogP contribution in [0.25, 0.3) is 0 Å². The van der Waals surface area contributed by atoms with Crippen LogP contribution in [0.15, 0.2) is 40.9 Å². The number of aliphatic hydroxyl groups excluding tert-OH is 3. The summed E-state index contributed by atoms with van der Waals surface area (Å²) in [6.45, 7) is 1.49. The third-order valence-electron chi connectivity index (χ3n) is 8.42. The molecule has 0 spiro atoms. The first kappa shape index (κ1) is 30.1. The molecule has 0 bridgehead atoms. The van der Waals surface area contributed by atoms with Crippen LogP contribution in [0, 0.1) is 22.0 Å². The van der Waals surface area contributed by atoms with Gasteiger partial charge >= 0.3 is 0 Å². The Morgan fingerprint density at radius 1 is 1.15 bits per heavy atom. The lowest BCUT2D eigenvalue weighted by atomic mass is 9.55. The number of carbonyl (C=O) groups is 3. The van der Waals surface area contributed by atoms with Gasteiger partial charge in [0.25, 0.3) is 5.09 Å². The number of aromatic hydroxyl groups is 1. The fraction of sp³-hybridized carbons (Fsp3) is 0.519. The summed E-state index contributed by atoms with van der Waals surface area (Å²) >= 11 is 0. The summed E-state index contributed by atoms with van der Waals surface area (Å²) in [4.78, 5) is 58.2. The van der Waals surface area contributed by atoms with Gasteiger partial charge in [0.05, 0.1) is 23.6 Å². The van der Waals surface area contributed by atoms with Gasteiger partial charge in [-0.3, -0.25) is 19.3 Å². The van der Waals surface area contributed by atoms with Crippen molar-refractivity contribution in [3.8, 4) is 5.75 Å². The molecule has 3 aliphatic carbocycles. The minimum Gasteiger partial charge on any atom is -0.510 e. The first-order chi connectivity index (χ1) is 19.2. The van der Waals surface area contributed by atoms with Crippen LogP contribution in [0.4, 0.5) is 0 Å². The average Bonchev–Trinajstić information content (AvgIpc) is 2.89. The van der Waals surface area contributed by atoms with Crippen molar-refractivity contribution in [2.45, 2.75) is 37.0 Å². The number of benzene rings is 1. The van der Waals surface area contributed by atoms with Crippen molar-refractivity contribution in [1.29, 1.82) is 0 Å². The molecule has 0 radical (unpaired) electrons. The van der Waals surface area contributed by atoms with E-state index < -0.39 is 80.6 Å². The Hall–Kier alpha value is -3.85. The maximum absolute atomic E-state index is 13.8. The van der Waals surface area contributed by atoms with Crippen LogP contribution in [0.3, 0.4) is 0 Å². The molecule has 0 unspecified atom stereocenters. The number of hydrogen-bond donors (Lipinski definition) is 5. The topological polar surface area (TPSA) is 211 Å². The fourth-order valence-electron chi connectivity index (χ4n) is 6.41. The second-order valence-electron chi connectivity index (χ2n) is 11.0. The summed E-state index contributed by atoms with van der Waals surface area (Å²) in [6.07, 6.45) is -1.98. The Kier molecular flexibility index (Phi) is 7.97. The summed E-state index contributed by atoms with van der Waals surface area (Å²) < 4.78 is 0. The molecule has 0 aliphatic heterocycles. The Morgan fingerprint density at radius 3 is 2.41 bits per heavy atom. The van der Waals surface area contributed by atoms with E-state index >= 15 is 0 Å². The maximum atomic E-state index is 13.8. The average molecular weight is 576 g/mol. The van der Waals surface area contributed by atoms with Gasteiger partial charge in [-0.1, -0.05) is 19.1 Å². The molecule has 0 saturated heterocycles. The van der Waals surface area contributed by atoms with E-state index in [9.17, 15) is 50.0 Å². The smallest absolute Gasteiger partial charge is 0.294 e. The quantitative estimate of drug-likeness (QED) is 0.152. The van der Waals surface area contributed by atoms with Gasteiger partial charge in [-0.05, 0) is 38.7 Å². The third-order valence-corrected chi connectivity index (χ3v) is 8.42. The summed E-state index contributed by atoms with van der Waals surface area (Å²) in [5.74, 6) is -8.53. The highest BCUT2D eigenvalue weighted by molar-refractivity contribution is 6.26. The van der Waals surface area contributed by atoms with E-state index in [4.69, 9.17) is 0 Å². The summed E-state index contributed by atoms with van der Waals surface area (Å²) in [7, 11) is 4.54. The Balaban J connectivity index is 1.77. The van der Waals surface area contributed by atoms with Gasteiger partial charge in [0.2, 0.25) is 5.78 Å². The molecule has 0 saturated carbocycles. The zero-order valence-electron chi connectivity index (χ0n) is 23.0. The SMILES string of the molecule is C[C@H]1c2cccc(O)c2C(=O)C2=C(O)[C@]3(O)C(=O)C(C(=O)CCN(C)CCO[N+](=O)[O-])=C(O)[C@@H](N(C)C)[C@@H]3[C@@H](O)[C@@H]21. The first-order valence-electron chi connectivity index (χ1n) is 13.0. The van der Waals surface area contributed by atoms with Gasteiger partial charge in [0, 0.05) is 31.0 Å².